The summed E-state index contributed by atoms with van der Waals surface area (Å²) in [6, 6.07) is 7.44. The maximum absolute atomic E-state index is 13.2. The number of benzene rings is 2. The van der Waals surface area contributed by atoms with E-state index in [0.717, 1.165) is 40.7 Å². The van der Waals surface area contributed by atoms with Gasteiger partial charge in [0.2, 0.25) is 15.9 Å². The number of hydrogen-bond acceptors (Lipinski definition) is 4. The Morgan fingerprint density at radius 1 is 1.09 bits per heavy atom. The molecule has 35 heavy (non-hydrogen) atoms. The van der Waals surface area contributed by atoms with E-state index in [1.54, 1.807) is 0 Å². The Hall–Kier alpha value is -3.45. The molecule has 13 heteroatoms. The molecule has 1 atom stereocenters. The summed E-state index contributed by atoms with van der Waals surface area (Å²) in [5.41, 5.74) is -0.989. The van der Waals surface area contributed by atoms with Gasteiger partial charge in [-0.3, -0.25) is 19.4 Å². The quantitative estimate of drug-likeness (QED) is 0.496. The molecular formula is C22H20F4N4O4S. The third kappa shape index (κ3) is 5.15. The highest BCUT2D eigenvalue weighted by atomic mass is 32.2. The molecule has 3 aromatic rings. The van der Waals surface area contributed by atoms with Crippen LogP contribution in [0.4, 0.5) is 17.6 Å². The smallest absolute Gasteiger partial charge is 0.350 e. The van der Waals surface area contributed by atoms with Crippen molar-refractivity contribution in [3.8, 4) is 5.69 Å². The number of nitrogens with one attached hydrogen (secondary N) is 2. The number of carbonyl (C=O) groups is 1. The van der Waals surface area contributed by atoms with Crippen LogP contribution in [-0.4, -0.2) is 41.0 Å². The number of hydrogen-bond donors (Lipinski definition) is 2. The van der Waals surface area contributed by atoms with Gasteiger partial charge in [-0.15, -0.1) is 0 Å². The zero-order valence-electron chi connectivity index (χ0n) is 18.0. The minimum absolute atomic E-state index is 0.114. The summed E-state index contributed by atoms with van der Waals surface area (Å²) in [7, 11) is -4.03. The van der Waals surface area contributed by atoms with Crippen LogP contribution < -0.4 is 10.9 Å². The fourth-order valence-electron chi connectivity index (χ4n) is 3.84. The Morgan fingerprint density at radius 3 is 2.37 bits per heavy atom. The molecule has 1 saturated heterocycles. The SMILES string of the molecule is O=C(NCc1cn(-c2ccc(C(F)(F)F)cc2)[nH]c1=O)C1CCCN1S(=O)(=O)c1ccc(F)cc1. The van der Waals surface area contributed by atoms with Gasteiger partial charge in [-0.05, 0) is 61.4 Å². The highest BCUT2D eigenvalue weighted by Crippen LogP contribution is 2.29. The van der Waals surface area contributed by atoms with Crippen LogP contribution in [0.3, 0.4) is 0 Å². The van der Waals surface area contributed by atoms with Crippen LogP contribution in [0.25, 0.3) is 5.69 Å². The van der Waals surface area contributed by atoms with Crippen molar-refractivity contribution in [2.45, 2.75) is 36.5 Å². The monoisotopic (exact) mass is 512 g/mol. The maximum atomic E-state index is 13.2. The van der Waals surface area contributed by atoms with Crippen LogP contribution in [0.15, 0.2) is 64.4 Å². The molecule has 4 rings (SSSR count). The lowest BCUT2D eigenvalue weighted by molar-refractivity contribution is -0.137. The molecule has 0 bridgehead atoms. The van der Waals surface area contributed by atoms with E-state index in [-0.39, 0.29) is 35.7 Å². The van der Waals surface area contributed by atoms with Gasteiger partial charge in [0.25, 0.3) is 5.56 Å². The van der Waals surface area contributed by atoms with Crippen molar-refractivity contribution in [3.05, 3.63) is 82.0 Å². The molecule has 8 nitrogen and oxygen atoms in total. The third-order valence-electron chi connectivity index (χ3n) is 5.65. The van der Waals surface area contributed by atoms with Crippen molar-refractivity contribution in [1.82, 2.24) is 19.4 Å². The van der Waals surface area contributed by atoms with Gasteiger partial charge < -0.3 is 5.32 Å². The number of alkyl halides is 3. The van der Waals surface area contributed by atoms with Gasteiger partial charge in [0.15, 0.2) is 0 Å². The predicted octanol–water partition coefficient (Wildman–Crippen LogP) is 2.79. The summed E-state index contributed by atoms with van der Waals surface area (Å²) in [6.07, 6.45) is -2.43. The van der Waals surface area contributed by atoms with E-state index >= 15 is 0 Å². The van der Waals surface area contributed by atoms with Gasteiger partial charge in [-0.1, -0.05) is 0 Å². The number of aromatic nitrogens is 2. The van der Waals surface area contributed by atoms with E-state index in [4.69, 9.17) is 0 Å². The molecule has 2 N–H and O–H groups in total. The number of carbonyl (C=O) groups excluding carboxylic acids is 1. The Kier molecular flexibility index (Phi) is 6.56. The summed E-state index contributed by atoms with van der Waals surface area (Å²) in [6.45, 7) is -0.106. The third-order valence-corrected chi connectivity index (χ3v) is 7.57. The van der Waals surface area contributed by atoms with Crippen LogP contribution >= 0.6 is 0 Å². The van der Waals surface area contributed by atoms with E-state index in [1.807, 2.05) is 0 Å². The molecule has 2 heterocycles. The molecule has 1 aliphatic rings. The molecule has 1 fully saturated rings. The van der Waals surface area contributed by atoms with E-state index in [9.17, 15) is 35.6 Å². The van der Waals surface area contributed by atoms with Crippen molar-refractivity contribution in [1.29, 1.82) is 0 Å². The lowest BCUT2D eigenvalue weighted by atomic mass is 10.2. The average molecular weight is 512 g/mol. The van der Waals surface area contributed by atoms with E-state index in [1.165, 1.54) is 23.0 Å². The summed E-state index contributed by atoms with van der Waals surface area (Å²) >= 11 is 0. The van der Waals surface area contributed by atoms with Crippen LogP contribution in [0.2, 0.25) is 0 Å². The zero-order valence-corrected chi connectivity index (χ0v) is 18.9. The summed E-state index contributed by atoms with van der Waals surface area (Å²) in [4.78, 5) is 24.9. The van der Waals surface area contributed by atoms with Crippen LogP contribution in [0, 0.1) is 5.82 Å². The van der Waals surface area contributed by atoms with Gasteiger partial charge in [0.05, 0.1) is 21.7 Å². The van der Waals surface area contributed by atoms with Crippen molar-refractivity contribution in [3.63, 3.8) is 0 Å². The number of sulfonamides is 1. The van der Waals surface area contributed by atoms with Crippen molar-refractivity contribution in [2.24, 2.45) is 0 Å². The minimum Gasteiger partial charge on any atom is -0.350 e. The normalized spacial score (nSPS) is 17.0. The first kappa shape index (κ1) is 24.7. The second-order valence-electron chi connectivity index (χ2n) is 7.96. The lowest BCUT2D eigenvalue weighted by Gasteiger charge is -2.23. The zero-order chi connectivity index (χ0) is 25.4. The Labute approximate surface area is 197 Å². The molecule has 1 unspecified atom stereocenters. The summed E-state index contributed by atoms with van der Waals surface area (Å²) in [5.74, 6) is -1.19. The standard InChI is InChI=1S/C22H20F4N4O4S/c23-16-5-9-18(10-6-16)35(33,34)30-11-1-2-19(30)21(32)27-12-14-13-29(28-20(14)31)17-7-3-15(4-8-17)22(24,25)26/h3-10,13,19H,1-2,11-12H2,(H,27,32)(H,28,31). The number of halogens is 4. The number of nitrogens with zero attached hydrogens (tertiary/aromatic N) is 2. The predicted molar refractivity (Wildman–Crippen MR) is 117 cm³/mol. The number of aromatic amines is 1. The first-order valence-corrected chi connectivity index (χ1v) is 11.9. The van der Waals surface area contributed by atoms with Crippen LogP contribution in [0.1, 0.15) is 24.0 Å². The molecule has 1 amide bonds. The molecule has 0 spiro atoms. The summed E-state index contributed by atoms with van der Waals surface area (Å²) < 4.78 is 79.6. The molecule has 0 aliphatic carbocycles. The second-order valence-corrected chi connectivity index (χ2v) is 9.85. The van der Waals surface area contributed by atoms with E-state index in [2.05, 4.69) is 10.4 Å². The van der Waals surface area contributed by atoms with Gasteiger partial charge >= 0.3 is 6.18 Å². The van der Waals surface area contributed by atoms with E-state index < -0.39 is 45.1 Å². The van der Waals surface area contributed by atoms with Gasteiger partial charge in [-0.2, -0.15) is 17.5 Å². The fourth-order valence-corrected chi connectivity index (χ4v) is 5.49. The molecule has 0 radical (unpaired) electrons. The van der Waals surface area contributed by atoms with E-state index in [0.29, 0.717) is 6.42 Å². The average Bonchev–Trinajstić information content (AvgIpc) is 3.45. The molecule has 1 aromatic heterocycles. The summed E-state index contributed by atoms with van der Waals surface area (Å²) in [5, 5.41) is 5.01. The number of H-pyrrole nitrogens is 1. The van der Waals surface area contributed by atoms with Crippen molar-refractivity contribution >= 4 is 15.9 Å². The van der Waals surface area contributed by atoms with Gasteiger partial charge in [0, 0.05) is 19.3 Å². The molecule has 1 aliphatic heterocycles. The lowest BCUT2D eigenvalue weighted by Crippen LogP contribution is -2.45. The van der Waals surface area contributed by atoms with Crippen molar-refractivity contribution < 1.29 is 30.8 Å². The minimum atomic E-state index is -4.49. The fraction of sp³-hybridized carbons (Fsp3) is 0.273. The number of amides is 1. The highest BCUT2D eigenvalue weighted by Gasteiger charge is 2.39. The highest BCUT2D eigenvalue weighted by molar-refractivity contribution is 7.89. The first-order valence-electron chi connectivity index (χ1n) is 10.5. The Morgan fingerprint density at radius 2 is 1.74 bits per heavy atom. The molecule has 2 aromatic carbocycles. The Bertz CT molecular complexity index is 1380. The Balaban J connectivity index is 1.45. The van der Waals surface area contributed by atoms with Crippen molar-refractivity contribution in [2.75, 3.05) is 6.54 Å². The molecule has 186 valence electrons. The second kappa shape index (κ2) is 9.30. The van der Waals surface area contributed by atoms with Gasteiger partial charge in [0.1, 0.15) is 11.9 Å². The topological polar surface area (TPSA) is 104 Å². The number of rotatable bonds is 6. The molecular weight excluding hydrogens is 492 g/mol. The van der Waals surface area contributed by atoms with Gasteiger partial charge in [-0.25, -0.2) is 12.8 Å². The maximum Gasteiger partial charge on any atom is 0.416 e. The van der Waals surface area contributed by atoms with Crippen LogP contribution in [-0.2, 0) is 27.5 Å². The first-order chi connectivity index (χ1) is 16.5. The largest absolute Gasteiger partial charge is 0.416 e. The van der Waals surface area contributed by atoms with Crippen LogP contribution in [0.5, 0.6) is 0 Å². The molecule has 0 saturated carbocycles.